The van der Waals surface area contributed by atoms with Crippen molar-refractivity contribution in [2.24, 2.45) is 0 Å². The maximum absolute atomic E-state index is 5.96. The predicted molar refractivity (Wildman–Crippen MR) is 84.3 cm³/mol. The van der Waals surface area contributed by atoms with Gasteiger partial charge in [0, 0.05) is 0 Å². The molecule has 0 saturated heterocycles. The second kappa shape index (κ2) is 8.92. The first-order chi connectivity index (χ1) is 9.19. The van der Waals surface area contributed by atoms with E-state index in [1.807, 2.05) is 6.08 Å². The zero-order valence-corrected chi connectivity index (χ0v) is 12.7. The lowest BCUT2D eigenvalue weighted by atomic mass is 10.0. The van der Waals surface area contributed by atoms with E-state index in [1.54, 1.807) is 0 Å². The van der Waals surface area contributed by atoms with E-state index >= 15 is 0 Å². The largest absolute Gasteiger partial charge is 0.374 e. The van der Waals surface area contributed by atoms with E-state index in [0.29, 0.717) is 12.7 Å². The minimum Gasteiger partial charge on any atom is -0.374 e. The minimum atomic E-state index is 0.343. The minimum absolute atomic E-state index is 0.343. The van der Waals surface area contributed by atoms with Crippen molar-refractivity contribution in [3.8, 4) is 0 Å². The van der Waals surface area contributed by atoms with Crippen molar-refractivity contribution in [2.45, 2.75) is 65.6 Å². The Labute approximate surface area is 118 Å². The normalized spacial score (nSPS) is 12.4. The summed E-state index contributed by atoms with van der Waals surface area (Å²) in [5, 5.41) is 0. The number of unbranched alkanes of at least 4 members (excludes halogenated alkanes) is 3. The average molecular weight is 260 g/mol. The van der Waals surface area contributed by atoms with Gasteiger partial charge in [-0.3, -0.25) is 0 Å². The van der Waals surface area contributed by atoms with Gasteiger partial charge in [-0.15, -0.1) is 0 Å². The first-order valence-electron chi connectivity index (χ1n) is 7.51. The van der Waals surface area contributed by atoms with Crippen molar-refractivity contribution in [3.63, 3.8) is 0 Å². The van der Waals surface area contributed by atoms with Gasteiger partial charge in [0.1, 0.15) is 0 Å². The van der Waals surface area contributed by atoms with Crippen LogP contribution in [-0.2, 0) is 11.3 Å². The summed E-state index contributed by atoms with van der Waals surface area (Å²) in [5.41, 5.74) is 3.74. The highest BCUT2D eigenvalue weighted by atomic mass is 16.5. The first kappa shape index (κ1) is 16.0. The Morgan fingerprint density at radius 2 is 2.05 bits per heavy atom. The van der Waals surface area contributed by atoms with Crippen LogP contribution in [0.15, 0.2) is 24.8 Å². The summed E-state index contributed by atoms with van der Waals surface area (Å²) in [5.74, 6) is 0. The summed E-state index contributed by atoms with van der Waals surface area (Å²) >= 11 is 0. The summed E-state index contributed by atoms with van der Waals surface area (Å²) in [6.45, 7) is 11.1. The summed E-state index contributed by atoms with van der Waals surface area (Å²) in [6, 6.07) is 6.34. The highest BCUT2D eigenvalue weighted by Crippen LogP contribution is 2.18. The van der Waals surface area contributed by atoms with Crippen molar-refractivity contribution in [2.75, 3.05) is 0 Å². The third-order valence-corrected chi connectivity index (χ3v) is 3.61. The van der Waals surface area contributed by atoms with Crippen molar-refractivity contribution in [1.82, 2.24) is 0 Å². The second-order valence-corrected chi connectivity index (χ2v) is 5.32. The monoisotopic (exact) mass is 260 g/mol. The first-order valence-corrected chi connectivity index (χ1v) is 7.51. The summed E-state index contributed by atoms with van der Waals surface area (Å²) in [4.78, 5) is 0. The number of benzene rings is 1. The number of hydrogen-bond acceptors (Lipinski definition) is 1. The quantitative estimate of drug-likeness (QED) is 0.532. The van der Waals surface area contributed by atoms with E-state index in [2.05, 4.69) is 45.5 Å². The molecule has 0 spiro atoms. The van der Waals surface area contributed by atoms with Gasteiger partial charge in [-0.05, 0) is 37.0 Å². The Kier molecular flexibility index (Phi) is 7.50. The van der Waals surface area contributed by atoms with Crippen LogP contribution in [0.1, 0.15) is 62.6 Å². The standard InChI is InChI=1S/C18H28O/c1-5-7-8-9-12-16(4)19-14-17-13-10-11-15(3)18(17)6-2/h6,10-11,13,16H,2,5,7-9,12,14H2,1,3-4H3. The molecule has 0 bridgehead atoms. The van der Waals surface area contributed by atoms with Gasteiger partial charge in [0.2, 0.25) is 0 Å². The van der Waals surface area contributed by atoms with E-state index in [1.165, 1.54) is 42.4 Å². The maximum atomic E-state index is 5.96. The molecule has 0 N–H and O–H groups in total. The fourth-order valence-corrected chi connectivity index (χ4v) is 2.33. The van der Waals surface area contributed by atoms with Crippen LogP contribution in [0.4, 0.5) is 0 Å². The van der Waals surface area contributed by atoms with E-state index in [4.69, 9.17) is 4.74 Å². The summed E-state index contributed by atoms with van der Waals surface area (Å²) in [7, 11) is 0. The van der Waals surface area contributed by atoms with Crippen LogP contribution in [0.25, 0.3) is 6.08 Å². The van der Waals surface area contributed by atoms with Gasteiger partial charge in [-0.25, -0.2) is 0 Å². The third-order valence-electron chi connectivity index (χ3n) is 3.61. The van der Waals surface area contributed by atoms with Gasteiger partial charge in [0.15, 0.2) is 0 Å². The Balaban J connectivity index is 2.39. The van der Waals surface area contributed by atoms with Crippen LogP contribution in [-0.4, -0.2) is 6.10 Å². The lowest BCUT2D eigenvalue weighted by Crippen LogP contribution is -2.09. The van der Waals surface area contributed by atoms with Crippen molar-refractivity contribution in [3.05, 3.63) is 41.5 Å². The lowest BCUT2D eigenvalue weighted by molar-refractivity contribution is 0.0458. The van der Waals surface area contributed by atoms with Gasteiger partial charge < -0.3 is 4.74 Å². The third kappa shape index (κ3) is 5.61. The van der Waals surface area contributed by atoms with Gasteiger partial charge in [0.05, 0.1) is 12.7 Å². The van der Waals surface area contributed by atoms with Gasteiger partial charge in [-0.2, -0.15) is 0 Å². The van der Waals surface area contributed by atoms with Crippen LogP contribution in [0.2, 0.25) is 0 Å². The van der Waals surface area contributed by atoms with Crippen molar-refractivity contribution in [1.29, 1.82) is 0 Å². The van der Waals surface area contributed by atoms with Crippen LogP contribution >= 0.6 is 0 Å². The van der Waals surface area contributed by atoms with Gasteiger partial charge in [-0.1, -0.05) is 63.5 Å². The molecule has 106 valence electrons. The molecule has 0 radical (unpaired) electrons. The van der Waals surface area contributed by atoms with E-state index in [-0.39, 0.29) is 0 Å². The smallest absolute Gasteiger partial charge is 0.0726 e. The number of aryl methyl sites for hydroxylation is 1. The molecule has 0 fully saturated rings. The van der Waals surface area contributed by atoms with E-state index < -0.39 is 0 Å². The Hall–Kier alpha value is -1.08. The molecule has 1 aromatic carbocycles. The molecule has 0 aromatic heterocycles. The fourth-order valence-electron chi connectivity index (χ4n) is 2.33. The topological polar surface area (TPSA) is 9.23 Å². The Morgan fingerprint density at radius 1 is 1.26 bits per heavy atom. The Morgan fingerprint density at radius 3 is 2.74 bits per heavy atom. The molecule has 19 heavy (non-hydrogen) atoms. The highest BCUT2D eigenvalue weighted by Gasteiger charge is 2.06. The fraction of sp³-hybridized carbons (Fsp3) is 0.556. The molecule has 1 unspecified atom stereocenters. The molecule has 1 atom stereocenters. The molecule has 0 aliphatic heterocycles. The molecule has 1 rings (SSSR count). The van der Waals surface area contributed by atoms with E-state index in [0.717, 1.165) is 6.42 Å². The molecule has 0 amide bonds. The Bertz CT molecular complexity index is 381. The molecular formula is C18H28O. The summed E-state index contributed by atoms with van der Waals surface area (Å²) < 4.78 is 5.96. The van der Waals surface area contributed by atoms with Crippen LogP contribution < -0.4 is 0 Å². The van der Waals surface area contributed by atoms with Crippen molar-refractivity contribution >= 4 is 6.08 Å². The van der Waals surface area contributed by atoms with Crippen LogP contribution in [0.5, 0.6) is 0 Å². The molecule has 1 aromatic rings. The molecule has 0 heterocycles. The predicted octanol–water partition coefficient (Wildman–Crippen LogP) is 5.51. The molecule has 1 nitrogen and oxygen atoms in total. The number of ether oxygens (including phenoxy) is 1. The highest BCUT2D eigenvalue weighted by molar-refractivity contribution is 5.55. The molecule has 0 saturated carbocycles. The van der Waals surface area contributed by atoms with Crippen molar-refractivity contribution < 1.29 is 4.74 Å². The van der Waals surface area contributed by atoms with Crippen LogP contribution in [0.3, 0.4) is 0 Å². The number of hydrogen-bond donors (Lipinski definition) is 0. The number of rotatable bonds is 9. The zero-order chi connectivity index (χ0) is 14.1. The zero-order valence-electron chi connectivity index (χ0n) is 12.7. The van der Waals surface area contributed by atoms with Gasteiger partial charge >= 0.3 is 0 Å². The lowest BCUT2D eigenvalue weighted by Gasteiger charge is -2.15. The molecular weight excluding hydrogens is 232 g/mol. The molecule has 0 aliphatic carbocycles. The summed E-state index contributed by atoms with van der Waals surface area (Å²) in [6.07, 6.45) is 8.67. The van der Waals surface area contributed by atoms with Gasteiger partial charge in [0.25, 0.3) is 0 Å². The SMILES string of the molecule is C=Cc1c(C)cccc1COC(C)CCCCCC. The van der Waals surface area contributed by atoms with Crippen LogP contribution in [0, 0.1) is 6.92 Å². The van der Waals surface area contributed by atoms with E-state index in [9.17, 15) is 0 Å². The second-order valence-electron chi connectivity index (χ2n) is 5.32. The molecule has 0 aliphatic rings. The molecule has 1 heteroatoms. The average Bonchev–Trinajstić information content (AvgIpc) is 2.41. The maximum Gasteiger partial charge on any atom is 0.0726 e.